The van der Waals surface area contributed by atoms with Crippen LogP contribution < -0.4 is 4.74 Å². The van der Waals surface area contributed by atoms with Crippen LogP contribution >= 0.6 is 0 Å². The van der Waals surface area contributed by atoms with E-state index < -0.39 is 11.8 Å². The lowest BCUT2D eigenvalue weighted by Crippen LogP contribution is -2.02. The van der Waals surface area contributed by atoms with Gasteiger partial charge < -0.3 is 9.84 Å². The van der Waals surface area contributed by atoms with Crippen LogP contribution in [0.4, 0.5) is 4.39 Å². The molecule has 1 aromatic heterocycles. The first-order valence-electron chi connectivity index (χ1n) is 5.07. The van der Waals surface area contributed by atoms with Gasteiger partial charge in [-0.2, -0.15) is 5.10 Å². The Hall–Kier alpha value is -2.50. The summed E-state index contributed by atoms with van der Waals surface area (Å²) in [7, 11) is 0. The maximum atomic E-state index is 13.0. The molecule has 92 valence electrons. The lowest BCUT2D eigenvalue weighted by Gasteiger charge is -2.07. The summed E-state index contributed by atoms with van der Waals surface area (Å²) >= 11 is 0. The Morgan fingerprint density at radius 1 is 1.28 bits per heavy atom. The Balaban J connectivity index is 2.34. The number of aromatic carboxylic acids is 1. The zero-order valence-electron chi connectivity index (χ0n) is 9.42. The monoisotopic (exact) mass is 248 g/mol. The van der Waals surface area contributed by atoms with Gasteiger partial charge in [0.15, 0.2) is 0 Å². The van der Waals surface area contributed by atoms with Crippen LogP contribution in [0.5, 0.6) is 11.6 Å². The van der Waals surface area contributed by atoms with E-state index in [9.17, 15) is 9.18 Å². The molecule has 0 amide bonds. The van der Waals surface area contributed by atoms with Crippen LogP contribution in [0.1, 0.15) is 16.1 Å². The summed E-state index contributed by atoms with van der Waals surface area (Å²) in [6.07, 6.45) is 0. The molecule has 0 saturated heterocycles. The van der Waals surface area contributed by atoms with Crippen molar-refractivity contribution in [1.29, 1.82) is 0 Å². The van der Waals surface area contributed by atoms with Crippen molar-refractivity contribution in [2.24, 2.45) is 0 Å². The first-order valence-corrected chi connectivity index (χ1v) is 5.07. The summed E-state index contributed by atoms with van der Waals surface area (Å²) in [6.45, 7) is 1.76. The molecular formula is C12H9FN2O3. The average molecular weight is 248 g/mol. The van der Waals surface area contributed by atoms with Crippen molar-refractivity contribution in [2.45, 2.75) is 6.92 Å². The van der Waals surface area contributed by atoms with E-state index in [1.807, 2.05) is 0 Å². The van der Waals surface area contributed by atoms with Gasteiger partial charge in [-0.3, -0.25) is 0 Å². The summed E-state index contributed by atoms with van der Waals surface area (Å²) in [5.74, 6) is -1.75. The normalized spacial score (nSPS) is 10.1. The molecule has 2 aromatic rings. The lowest BCUT2D eigenvalue weighted by molar-refractivity contribution is 0.0693. The molecule has 0 unspecified atom stereocenters. The van der Waals surface area contributed by atoms with E-state index in [1.54, 1.807) is 19.1 Å². The molecule has 6 heteroatoms. The lowest BCUT2D eigenvalue weighted by atomic mass is 10.2. The predicted octanol–water partition coefficient (Wildman–Crippen LogP) is 2.41. The van der Waals surface area contributed by atoms with E-state index in [0.29, 0.717) is 5.69 Å². The second-order valence-corrected chi connectivity index (χ2v) is 3.56. The summed E-state index contributed by atoms with van der Waals surface area (Å²) in [6, 6.07) is 6.46. The Morgan fingerprint density at radius 3 is 2.67 bits per heavy atom. The number of carboxylic acid groups (broad SMARTS) is 1. The standard InChI is InChI=1S/C12H9FN2O3/c1-7-2-5-11(15-14-7)18-10-4-3-8(13)6-9(10)12(16)17/h2-6H,1H3,(H,16,17). The predicted molar refractivity (Wildman–Crippen MR) is 60.2 cm³/mol. The van der Waals surface area contributed by atoms with Gasteiger partial charge in [0.2, 0.25) is 5.88 Å². The van der Waals surface area contributed by atoms with E-state index in [1.165, 1.54) is 6.07 Å². The Kier molecular flexibility index (Phi) is 3.18. The topological polar surface area (TPSA) is 72.3 Å². The Bertz CT molecular complexity index is 584. The van der Waals surface area contributed by atoms with Crippen molar-refractivity contribution in [1.82, 2.24) is 10.2 Å². The molecule has 18 heavy (non-hydrogen) atoms. The number of hydrogen-bond donors (Lipinski definition) is 1. The highest BCUT2D eigenvalue weighted by Crippen LogP contribution is 2.24. The van der Waals surface area contributed by atoms with E-state index in [-0.39, 0.29) is 17.2 Å². The molecule has 2 rings (SSSR count). The maximum Gasteiger partial charge on any atom is 0.339 e. The molecule has 0 aliphatic heterocycles. The summed E-state index contributed by atoms with van der Waals surface area (Å²) in [5, 5.41) is 16.4. The van der Waals surface area contributed by atoms with Gasteiger partial charge in [-0.15, -0.1) is 5.10 Å². The molecule has 0 radical (unpaired) electrons. The van der Waals surface area contributed by atoms with E-state index in [4.69, 9.17) is 9.84 Å². The molecule has 1 N–H and O–H groups in total. The molecule has 0 atom stereocenters. The fourth-order valence-electron chi connectivity index (χ4n) is 1.31. The van der Waals surface area contributed by atoms with Crippen LogP contribution in [0.2, 0.25) is 0 Å². The van der Waals surface area contributed by atoms with Crippen molar-refractivity contribution in [2.75, 3.05) is 0 Å². The highest BCUT2D eigenvalue weighted by atomic mass is 19.1. The zero-order valence-corrected chi connectivity index (χ0v) is 9.42. The van der Waals surface area contributed by atoms with Crippen LogP contribution in [0, 0.1) is 12.7 Å². The van der Waals surface area contributed by atoms with Crippen molar-refractivity contribution in [3.63, 3.8) is 0 Å². The van der Waals surface area contributed by atoms with Gasteiger partial charge in [-0.1, -0.05) is 0 Å². The van der Waals surface area contributed by atoms with E-state index >= 15 is 0 Å². The third kappa shape index (κ3) is 2.60. The number of aromatic nitrogens is 2. The Morgan fingerprint density at radius 2 is 2.06 bits per heavy atom. The fraction of sp³-hybridized carbons (Fsp3) is 0.0833. The van der Waals surface area contributed by atoms with Gasteiger partial charge in [0.25, 0.3) is 0 Å². The van der Waals surface area contributed by atoms with Crippen molar-refractivity contribution >= 4 is 5.97 Å². The quantitative estimate of drug-likeness (QED) is 0.902. The van der Waals surface area contributed by atoms with Gasteiger partial charge in [-0.25, -0.2) is 9.18 Å². The van der Waals surface area contributed by atoms with Crippen LogP contribution in [-0.2, 0) is 0 Å². The van der Waals surface area contributed by atoms with Crippen molar-refractivity contribution in [3.8, 4) is 11.6 Å². The molecule has 0 saturated carbocycles. The second-order valence-electron chi connectivity index (χ2n) is 3.56. The number of benzene rings is 1. The number of nitrogens with zero attached hydrogens (tertiary/aromatic N) is 2. The first kappa shape index (κ1) is 12.0. The maximum absolute atomic E-state index is 13.0. The van der Waals surface area contributed by atoms with Crippen LogP contribution in [0.3, 0.4) is 0 Å². The Labute approximate surface area is 102 Å². The van der Waals surface area contributed by atoms with Gasteiger partial charge in [-0.05, 0) is 31.2 Å². The van der Waals surface area contributed by atoms with Crippen LogP contribution in [0.15, 0.2) is 30.3 Å². The largest absolute Gasteiger partial charge is 0.478 e. The molecule has 0 fully saturated rings. The molecule has 0 spiro atoms. The minimum absolute atomic E-state index is 0.0158. The number of halogens is 1. The third-order valence-corrected chi connectivity index (χ3v) is 2.16. The van der Waals surface area contributed by atoms with E-state index in [0.717, 1.165) is 12.1 Å². The smallest absolute Gasteiger partial charge is 0.339 e. The van der Waals surface area contributed by atoms with Gasteiger partial charge in [0, 0.05) is 6.07 Å². The van der Waals surface area contributed by atoms with Crippen molar-refractivity contribution in [3.05, 3.63) is 47.4 Å². The molecule has 5 nitrogen and oxygen atoms in total. The number of carbonyl (C=O) groups is 1. The average Bonchev–Trinajstić information content (AvgIpc) is 2.34. The summed E-state index contributed by atoms with van der Waals surface area (Å²) < 4.78 is 18.2. The number of rotatable bonds is 3. The SMILES string of the molecule is Cc1ccc(Oc2ccc(F)cc2C(=O)O)nn1. The van der Waals surface area contributed by atoms with Gasteiger partial charge in [0.05, 0.1) is 5.69 Å². The summed E-state index contributed by atoms with van der Waals surface area (Å²) in [5.41, 5.74) is 0.442. The number of ether oxygens (including phenoxy) is 1. The molecule has 1 aromatic carbocycles. The molecule has 0 aliphatic rings. The first-order chi connectivity index (χ1) is 8.56. The fourth-order valence-corrected chi connectivity index (χ4v) is 1.31. The molecule has 1 heterocycles. The molecular weight excluding hydrogens is 239 g/mol. The highest BCUT2D eigenvalue weighted by molar-refractivity contribution is 5.90. The highest BCUT2D eigenvalue weighted by Gasteiger charge is 2.13. The minimum Gasteiger partial charge on any atom is -0.478 e. The molecule has 0 aliphatic carbocycles. The molecule has 0 bridgehead atoms. The second kappa shape index (κ2) is 4.79. The number of carboxylic acids is 1. The summed E-state index contributed by atoms with van der Waals surface area (Å²) in [4.78, 5) is 10.9. The van der Waals surface area contributed by atoms with Crippen LogP contribution in [0.25, 0.3) is 0 Å². The zero-order chi connectivity index (χ0) is 13.1. The number of aryl methyl sites for hydroxylation is 1. The minimum atomic E-state index is -1.27. The van der Waals surface area contributed by atoms with Gasteiger partial charge in [0.1, 0.15) is 17.1 Å². The van der Waals surface area contributed by atoms with Gasteiger partial charge >= 0.3 is 5.97 Å². The van der Waals surface area contributed by atoms with Crippen molar-refractivity contribution < 1.29 is 19.0 Å². The third-order valence-electron chi connectivity index (χ3n) is 2.16. The number of hydrogen-bond acceptors (Lipinski definition) is 4. The van der Waals surface area contributed by atoms with Crippen LogP contribution in [-0.4, -0.2) is 21.3 Å². The van der Waals surface area contributed by atoms with E-state index in [2.05, 4.69) is 10.2 Å².